The van der Waals surface area contributed by atoms with Crippen LogP contribution in [0.1, 0.15) is 23.2 Å². The van der Waals surface area contributed by atoms with E-state index in [0.717, 1.165) is 25.9 Å². The van der Waals surface area contributed by atoms with Crippen molar-refractivity contribution in [1.82, 2.24) is 15.5 Å². The Bertz CT molecular complexity index is 525. The standard InChI is InChI=1S/C16H23N3O3/c1-19(2)15(20)11-22-14-8-4-3-7-13(14)16(21)18-12-6-5-9-17-10-12/h3-4,7-8,12,17H,5-6,9-11H2,1-2H3,(H,18,21)/t12-/m0/s1. The summed E-state index contributed by atoms with van der Waals surface area (Å²) in [5, 5.41) is 6.27. The number of ether oxygens (including phenoxy) is 1. The van der Waals surface area contributed by atoms with Crippen molar-refractivity contribution < 1.29 is 14.3 Å². The van der Waals surface area contributed by atoms with Crippen LogP contribution in [0.3, 0.4) is 0 Å². The monoisotopic (exact) mass is 305 g/mol. The van der Waals surface area contributed by atoms with Crippen LogP contribution in [0, 0.1) is 0 Å². The number of benzene rings is 1. The van der Waals surface area contributed by atoms with Crippen molar-refractivity contribution in [3.05, 3.63) is 29.8 Å². The Morgan fingerprint density at radius 3 is 2.82 bits per heavy atom. The van der Waals surface area contributed by atoms with Crippen LogP contribution in [0.5, 0.6) is 5.75 Å². The second kappa shape index (κ2) is 7.79. The molecule has 6 heteroatoms. The number of amides is 2. The summed E-state index contributed by atoms with van der Waals surface area (Å²) in [6.07, 6.45) is 2.03. The summed E-state index contributed by atoms with van der Waals surface area (Å²) in [6.45, 7) is 1.70. The second-order valence-corrected chi connectivity index (χ2v) is 5.59. The van der Waals surface area contributed by atoms with Crippen molar-refractivity contribution in [2.45, 2.75) is 18.9 Å². The first-order valence-electron chi connectivity index (χ1n) is 7.51. The Hall–Kier alpha value is -2.08. The molecule has 0 bridgehead atoms. The molecule has 1 aliphatic rings. The van der Waals surface area contributed by atoms with Gasteiger partial charge in [0.25, 0.3) is 11.8 Å². The lowest BCUT2D eigenvalue weighted by atomic mass is 10.1. The zero-order valence-corrected chi connectivity index (χ0v) is 13.1. The molecule has 1 heterocycles. The van der Waals surface area contributed by atoms with Crippen molar-refractivity contribution in [2.24, 2.45) is 0 Å². The summed E-state index contributed by atoms with van der Waals surface area (Å²) in [5.41, 5.74) is 0.458. The van der Waals surface area contributed by atoms with E-state index in [1.54, 1.807) is 38.4 Å². The smallest absolute Gasteiger partial charge is 0.259 e. The van der Waals surface area contributed by atoms with Crippen molar-refractivity contribution in [3.8, 4) is 5.75 Å². The zero-order chi connectivity index (χ0) is 15.9. The van der Waals surface area contributed by atoms with Crippen molar-refractivity contribution >= 4 is 11.8 Å². The van der Waals surface area contributed by atoms with Crippen LogP contribution in [0.25, 0.3) is 0 Å². The SMILES string of the molecule is CN(C)C(=O)COc1ccccc1C(=O)N[C@H]1CCCNC1. The Balaban J connectivity index is 2.00. The summed E-state index contributed by atoms with van der Waals surface area (Å²) in [4.78, 5) is 25.5. The molecule has 1 atom stereocenters. The van der Waals surface area contributed by atoms with Gasteiger partial charge in [0.2, 0.25) is 0 Å². The van der Waals surface area contributed by atoms with Gasteiger partial charge in [0, 0.05) is 26.7 Å². The van der Waals surface area contributed by atoms with E-state index < -0.39 is 0 Å². The Morgan fingerprint density at radius 1 is 1.36 bits per heavy atom. The van der Waals surface area contributed by atoms with Gasteiger partial charge in [-0.25, -0.2) is 0 Å². The van der Waals surface area contributed by atoms with Crippen molar-refractivity contribution in [2.75, 3.05) is 33.8 Å². The van der Waals surface area contributed by atoms with Gasteiger partial charge in [0.05, 0.1) is 5.56 Å². The van der Waals surface area contributed by atoms with E-state index in [-0.39, 0.29) is 24.5 Å². The number of piperidine rings is 1. The predicted octanol–water partition coefficient (Wildman–Crippen LogP) is 0.635. The van der Waals surface area contributed by atoms with Crippen molar-refractivity contribution in [3.63, 3.8) is 0 Å². The highest BCUT2D eigenvalue weighted by Gasteiger charge is 2.19. The third-order valence-electron chi connectivity index (χ3n) is 3.61. The third kappa shape index (κ3) is 4.46. The summed E-state index contributed by atoms with van der Waals surface area (Å²) < 4.78 is 5.50. The minimum absolute atomic E-state index is 0.0811. The molecule has 2 amide bonds. The average Bonchev–Trinajstić information content (AvgIpc) is 2.53. The number of nitrogens with one attached hydrogen (secondary N) is 2. The third-order valence-corrected chi connectivity index (χ3v) is 3.61. The molecule has 0 spiro atoms. The van der Waals surface area contributed by atoms with Crippen LogP contribution in [0.15, 0.2) is 24.3 Å². The van der Waals surface area contributed by atoms with Gasteiger partial charge in [-0.15, -0.1) is 0 Å². The highest BCUT2D eigenvalue weighted by atomic mass is 16.5. The number of carbonyl (C=O) groups is 2. The predicted molar refractivity (Wildman–Crippen MR) is 84.0 cm³/mol. The van der Waals surface area contributed by atoms with Crippen LogP contribution in [0.2, 0.25) is 0 Å². The Morgan fingerprint density at radius 2 is 2.14 bits per heavy atom. The van der Waals surface area contributed by atoms with Gasteiger partial charge in [-0.2, -0.15) is 0 Å². The number of rotatable bonds is 5. The lowest BCUT2D eigenvalue weighted by molar-refractivity contribution is -0.130. The lowest BCUT2D eigenvalue weighted by Crippen LogP contribution is -2.45. The quantitative estimate of drug-likeness (QED) is 0.837. The fourth-order valence-electron chi connectivity index (χ4n) is 2.29. The minimum atomic E-state index is -0.165. The fourth-order valence-corrected chi connectivity index (χ4v) is 2.29. The van der Waals surface area contributed by atoms with Gasteiger partial charge in [-0.05, 0) is 31.5 Å². The van der Waals surface area contributed by atoms with Crippen LogP contribution in [0.4, 0.5) is 0 Å². The fraction of sp³-hybridized carbons (Fsp3) is 0.500. The molecule has 1 aliphatic heterocycles. The van der Waals surface area contributed by atoms with Crippen LogP contribution < -0.4 is 15.4 Å². The molecule has 2 rings (SSSR count). The Labute approximate surface area is 130 Å². The maximum atomic E-state index is 12.4. The van der Waals surface area contributed by atoms with Gasteiger partial charge in [-0.3, -0.25) is 9.59 Å². The van der Waals surface area contributed by atoms with Gasteiger partial charge in [0.1, 0.15) is 5.75 Å². The number of hydrogen-bond acceptors (Lipinski definition) is 4. The molecule has 1 saturated heterocycles. The molecular formula is C16H23N3O3. The average molecular weight is 305 g/mol. The highest BCUT2D eigenvalue weighted by molar-refractivity contribution is 5.97. The van der Waals surface area contributed by atoms with Gasteiger partial charge in [0.15, 0.2) is 6.61 Å². The number of carbonyl (C=O) groups excluding carboxylic acids is 2. The molecule has 0 aliphatic carbocycles. The van der Waals surface area contributed by atoms with E-state index in [4.69, 9.17) is 4.74 Å². The first-order chi connectivity index (χ1) is 10.6. The summed E-state index contributed by atoms with van der Waals surface area (Å²) in [7, 11) is 3.33. The van der Waals surface area contributed by atoms with E-state index in [0.29, 0.717) is 11.3 Å². The molecule has 22 heavy (non-hydrogen) atoms. The first kappa shape index (κ1) is 16.3. The Kier molecular flexibility index (Phi) is 5.77. The van der Waals surface area contributed by atoms with E-state index in [9.17, 15) is 9.59 Å². The molecule has 2 N–H and O–H groups in total. The molecule has 120 valence electrons. The van der Waals surface area contributed by atoms with Crippen LogP contribution in [-0.2, 0) is 4.79 Å². The van der Waals surface area contributed by atoms with Gasteiger partial charge in [-0.1, -0.05) is 12.1 Å². The summed E-state index contributed by atoms with van der Waals surface area (Å²) >= 11 is 0. The molecule has 0 aromatic heterocycles. The molecule has 1 aromatic rings. The molecule has 0 unspecified atom stereocenters. The normalized spacial score (nSPS) is 17.6. The highest BCUT2D eigenvalue weighted by Crippen LogP contribution is 2.18. The molecule has 0 saturated carbocycles. The van der Waals surface area contributed by atoms with Gasteiger partial charge < -0.3 is 20.3 Å². The van der Waals surface area contributed by atoms with Gasteiger partial charge >= 0.3 is 0 Å². The lowest BCUT2D eigenvalue weighted by Gasteiger charge is -2.24. The van der Waals surface area contributed by atoms with E-state index in [1.165, 1.54) is 4.90 Å². The van der Waals surface area contributed by atoms with E-state index >= 15 is 0 Å². The van der Waals surface area contributed by atoms with E-state index in [1.807, 2.05) is 0 Å². The maximum absolute atomic E-state index is 12.4. The molecule has 0 radical (unpaired) electrons. The molecular weight excluding hydrogens is 282 g/mol. The van der Waals surface area contributed by atoms with Crippen LogP contribution >= 0.6 is 0 Å². The first-order valence-corrected chi connectivity index (χ1v) is 7.51. The zero-order valence-electron chi connectivity index (χ0n) is 13.1. The number of para-hydroxylation sites is 1. The topological polar surface area (TPSA) is 70.7 Å². The number of hydrogen-bond donors (Lipinski definition) is 2. The molecule has 1 aromatic carbocycles. The second-order valence-electron chi connectivity index (χ2n) is 5.59. The maximum Gasteiger partial charge on any atom is 0.259 e. The molecule has 1 fully saturated rings. The molecule has 6 nitrogen and oxygen atoms in total. The van der Waals surface area contributed by atoms with Crippen molar-refractivity contribution in [1.29, 1.82) is 0 Å². The number of nitrogens with zero attached hydrogens (tertiary/aromatic N) is 1. The van der Waals surface area contributed by atoms with E-state index in [2.05, 4.69) is 10.6 Å². The summed E-state index contributed by atoms with van der Waals surface area (Å²) in [5.74, 6) is 0.118. The summed E-state index contributed by atoms with van der Waals surface area (Å²) in [6, 6.07) is 7.12. The minimum Gasteiger partial charge on any atom is -0.483 e. The largest absolute Gasteiger partial charge is 0.483 e. The van der Waals surface area contributed by atoms with Crippen LogP contribution in [-0.4, -0.2) is 56.5 Å². The number of likely N-dealkylation sites (N-methyl/N-ethyl adjacent to an activating group) is 1.